The Bertz CT molecular complexity index is 462. The number of hydrogen-bond acceptors (Lipinski definition) is 4. The lowest BCUT2D eigenvalue weighted by Crippen LogP contribution is -2.18. The zero-order valence-corrected chi connectivity index (χ0v) is 11.9. The second-order valence-corrected chi connectivity index (χ2v) is 4.42. The van der Waals surface area contributed by atoms with Gasteiger partial charge in [0.2, 0.25) is 0 Å². The summed E-state index contributed by atoms with van der Waals surface area (Å²) < 4.78 is 23.7. The first-order chi connectivity index (χ1) is 8.43. The highest BCUT2D eigenvalue weighted by Gasteiger charge is 2.27. The van der Waals surface area contributed by atoms with Crippen LogP contribution in [0.4, 0.5) is 4.39 Å². The van der Waals surface area contributed by atoms with Gasteiger partial charge >= 0.3 is 5.97 Å². The molecule has 0 bridgehead atoms. The highest BCUT2D eigenvalue weighted by molar-refractivity contribution is 9.10. The molecule has 1 N–H and O–H groups in total. The smallest absolute Gasteiger partial charge is 0.339 e. The number of rotatable bonds is 4. The molecule has 1 rings (SSSR count). The standard InChI is InChI=1S/C12H14BrFO4/c1-4-18-12(16)10(15)9-6(2)8(14)5-7(13)11(9)17-3/h5,10,15H,4H2,1-3H3. The second kappa shape index (κ2) is 6.15. The lowest BCUT2D eigenvalue weighted by Gasteiger charge is -2.18. The van der Waals surface area contributed by atoms with E-state index < -0.39 is 17.9 Å². The Morgan fingerprint density at radius 2 is 2.22 bits per heavy atom. The van der Waals surface area contributed by atoms with E-state index >= 15 is 0 Å². The van der Waals surface area contributed by atoms with Crippen LogP contribution < -0.4 is 4.74 Å². The fourth-order valence-corrected chi connectivity index (χ4v) is 2.16. The molecule has 1 atom stereocenters. The number of benzene rings is 1. The van der Waals surface area contributed by atoms with E-state index in [-0.39, 0.29) is 23.5 Å². The van der Waals surface area contributed by atoms with Crippen molar-refractivity contribution in [2.75, 3.05) is 13.7 Å². The zero-order valence-electron chi connectivity index (χ0n) is 10.3. The van der Waals surface area contributed by atoms with Crippen LogP contribution in [0.15, 0.2) is 10.5 Å². The number of esters is 1. The molecule has 0 heterocycles. The summed E-state index contributed by atoms with van der Waals surface area (Å²) in [6.07, 6.45) is -1.58. The maximum absolute atomic E-state index is 13.6. The Balaban J connectivity index is 3.33. The third-order valence-corrected chi connectivity index (χ3v) is 3.05. The van der Waals surface area contributed by atoms with E-state index in [1.54, 1.807) is 6.92 Å². The Hall–Kier alpha value is -1.14. The maximum Gasteiger partial charge on any atom is 0.339 e. The normalized spacial score (nSPS) is 12.1. The molecule has 6 heteroatoms. The van der Waals surface area contributed by atoms with Gasteiger partial charge in [-0.3, -0.25) is 0 Å². The van der Waals surface area contributed by atoms with Crippen LogP contribution in [0.1, 0.15) is 24.2 Å². The van der Waals surface area contributed by atoms with Crippen LogP contribution in [-0.4, -0.2) is 24.8 Å². The van der Waals surface area contributed by atoms with Crippen LogP contribution in [0, 0.1) is 12.7 Å². The third kappa shape index (κ3) is 2.81. The molecule has 0 amide bonds. The molecule has 0 aromatic heterocycles. The summed E-state index contributed by atoms with van der Waals surface area (Å²) in [5.74, 6) is -1.16. The molecular formula is C12H14BrFO4. The number of carbonyl (C=O) groups excluding carboxylic acids is 1. The second-order valence-electron chi connectivity index (χ2n) is 3.57. The molecular weight excluding hydrogens is 307 g/mol. The monoisotopic (exact) mass is 320 g/mol. The van der Waals surface area contributed by atoms with Crippen LogP contribution in [0.2, 0.25) is 0 Å². The van der Waals surface area contributed by atoms with Crippen molar-refractivity contribution in [1.82, 2.24) is 0 Å². The molecule has 1 aromatic carbocycles. The molecule has 1 unspecified atom stereocenters. The highest BCUT2D eigenvalue weighted by atomic mass is 79.9. The van der Waals surface area contributed by atoms with Crippen LogP contribution in [0.3, 0.4) is 0 Å². The van der Waals surface area contributed by atoms with E-state index in [1.807, 2.05) is 0 Å². The quantitative estimate of drug-likeness (QED) is 0.866. The van der Waals surface area contributed by atoms with Crippen LogP contribution in [0.25, 0.3) is 0 Å². The SMILES string of the molecule is CCOC(=O)C(O)c1c(C)c(F)cc(Br)c1OC. The van der Waals surface area contributed by atoms with Gasteiger partial charge in [-0.15, -0.1) is 0 Å². The average molecular weight is 321 g/mol. The van der Waals surface area contributed by atoms with Crippen molar-refractivity contribution >= 4 is 21.9 Å². The summed E-state index contributed by atoms with van der Waals surface area (Å²) in [7, 11) is 1.37. The molecule has 100 valence electrons. The van der Waals surface area contributed by atoms with Crippen molar-refractivity contribution in [3.63, 3.8) is 0 Å². The number of carbonyl (C=O) groups is 1. The van der Waals surface area contributed by atoms with Crippen molar-refractivity contribution < 1.29 is 23.8 Å². The predicted octanol–water partition coefficient (Wildman–Crippen LogP) is 2.50. The minimum atomic E-state index is -1.58. The summed E-state index contributed by atoms with van der Waals surface area (Å²) in [6, 6.07) is 1.22. The highest BCUT2D eigenvalue weighted by Crippen LogP contribution is 2.37. The Labute approximate surface area is 113 Å². The van der Waals surface area contributed by atoms with Crippen molar-refractivity contribution in [3.8, 4) is 5.75 Å². The summed E-state index contributed by atoms with van der Waals surface area (Å²) in [5.41, 5.74) is 0.221. The van der Waals surface area contributed by atoms with Gasteiger partial charge < -0.3 is 14.6 Å². The fourth-order valence-electron chi connectivity index (χ4n) is 1.59. The number of aliphatic hydroxyl groups is 1. The molecule has 0 fully saturated rings. The molecule has 0 spiro atoms. The van der Waals surface area contributed by atoms with Crippen LogP contribution in [0.5, 0.6) is 5.75 Å². The molecule has 0 aliphatic heterocycles. The fraction of sp³-hybridized carbons (Fsp3) is 0.417. The largest absolute Gasteiger partial charge is 0.495 e. The Kier molecular flexibility index (Phi) is 5.10. The summed E-state index contributed by atoms with van der Waals surface area (Å²) in [4.78, 5) is 11.5. The number of aliphatic hydroxyl groups excluding tert-OH is 1. The number of methoxy groups -OCH3 is 1. The summed E-state index contributed by atoms with van der Waals surface area (Å²) >= 11 is 3.12. The van der Waals surface area contributed by atoms with Crippen LogP contribution in [-0.2, 0) is 9.53 Å². The van der Waals surface area contributed by atoms with Crippen molar-refractivity contribution in [2.24, 2.45) is 0 Å². The molecule has 0 aliphatic rings. The number of halogens is 2. The minimum Gasteiger partial charge on any atom is -0.495 e. The van der Waals surface area contributed by atoms with E-state index in [4.69, 9.17) is 9.47 Å². The van der Waals surface area contributed by atoms with Gasteiger partial charge in [-0.25, -0.2) is 9.18 Å². The molecule has 1 aromatic rings. The first-order valence-electron chi connectivity index (χ1n) is 5.31. The van der Waals surface area contributed by atoms with E-state index in [2.05, 4.69) is 15.9 Å². The molecule has 18 heavy (non-hydrogen) atoms. The van der Waals surface area contributed by atoms with Gasteiger partial charge in [-0.05, 0) is 41.4 Å². The van der Waals surface area contributed by atoms with Gasteiger partial charge in [0.1, 0.15) is 11.6 Å². The first kappa shape index (κ1) is 14.9. The summed E-state index contributed by atoms with van der Waals surface area (Å²) in [6.45, 7) is 3.21. The Morgan fingerprint density at radius 1 is 1.61 bits per heavy atom. The predicted molar refractivity (Wildman–Crippen MR) is 67.0 cm³/mol. The zero-order chi connectivity index (χ0) is 13.9. The van der Waals surface area contributed by atoms with E-state index in [1.165, 1.54) is 20.1 Å². The van der Waals surface area contributed by atoms with Crippen molar-refractivity contribution in [2.45, 2.75) is 20.0 Å². The molecule has 0 radical (unpaired) electrons. The topological polar surface area (TPSA) is 55.8 Å². The van der Waals surface area contributed by atoms with Gasteiger partial charge in [-0.1, -0.05) is 0 Å². The van der Waals surface area contributed by atoms with E-state index in [9.17, 15) is 14.3 Å². The van der Waals surface area contributed by atoms with Gasteiger partial charge in [0.25, 0.3) is 0 Å². The van der Waals surface area contributed by atoms with Crippen molar-refractivity contribution in [1.29, 1.82) is 0 Å². The molecule has 0 saturated heterocycles. The Morgan fingerprint density at radius 3 is 2.72 bits per heavy atom. The van der Waals surface area contributed by atoms with E-state index in [0.29, 0.717) is 4.47 Å². The summed E-state index contributed by atoms with van der Waals surface area (Å²) in [5, 5.41) is 9.92. The lowest BCUT2D eigenvalue weighted by molar-refractivity contribution is -0.153. The third-order valence-electron chi connectivity index (χ3n) is 2.46. The lowest BCUT2D eigenvalue weighted by atomic mass is 10.0. The average Bonchev–Trinajstić information content (AvgIpc) is 2.32. The van der Waals surface area contributed by atoms with Crippen molar-refractivity contribution in [3.05, 3.63) is 27.5 Å². The van der Waals surface area contributed by atoms with Gasteiger partial charge in [0.15, 0.2) is 6.10 Å². The first-order valence-corrected chi connectivity index (χ1v) is 6.10. The molecule has 0 aliphatic carbocycles. The van der Waals surface area contributed by atoms with E-state index in [0.717, 1.165) is 0 Å². The van der Waals surface area contributed by atoms with Gasteiger partial charge in [0, 0.05) is 5.56 Å². The van der Waals surface area contributed by atoms with Gasteiger partial charge in [-0.2, -0.15) is 0 Å². The minimum absolute atomic E-state index is 0.0721. The molecule has 4 nitrogen and oxygen atoms in total. The maximum atomic E-state index is 13.6. The number of hydrogen-bond donors (Lipinski definition) is 1. The van der Waals surface area contributed by atoms with Crippen LogP contribution >= 0.6 is 15.9 Å². The number of ether oxygens (including phenoxy) is 2. The van der Waals surface area contributed by atoms with Gasteiger partial charge in [0.05, 0.1) is 18.2 Å². The molecule has 0 saturated carbocycles.